The van der Waals surface area contributed by atoms with E-state index in [1.165, 1.54) is 16.4 Å². The quantitative estimate of drug-likeness (QED) is 0.812. The minimum absolute atomic E-state index is 0.0154. The number of benzene rings is 2. The first kappa shape index (κ1) is 19.7. The first-order valence-electron chi connectivity index (χ1n) is 8.20. The van der Waals surface area contributed by atoms with Crippen molar-refractivity contribution in [1.29, 1.82) is 0 Å². The van der Waals surface area contributed by atoms with Crippen LogP contribution in [0, 0.1) is 11.6 Å². The molecule has 0 saturated carbocycles. The van der Waals surface area contributed by atoms with Gasteiger partial charge in [-0.15, -0.1) is 0 Å². The lowest BCUT2D eigenvalue weighted by atomic mass is 10.0. The Kier molecular flexibility index (Phi) is 5.24. The summed E-state index contributed by atoms with van der Waals surface area (Å²) in [5, 5.41) is 0. The Morgan fingerprint density at radius 1 is 1.04 bits per heavy atom. The second-order valence-corrected chi connectivity index (χ2v) is 10.1. The summed E-state index contributed by atoms with van der Waals surface area (Å²) in [6, 6.07) is 6.98. The van der Waals surface area contributed by atoms with Crippen LogP contribution in [0.5, 0.6) is 0 Å². The highest BCUT2D eigenvalue weighted by Gasteiger charge is 2.26. The van der Waals surface area contributed by atoms with Crippen LogP contribution in [0.4, 0.5) is 14.5 Å². The maximum absolute atomic E-state index is 13.8. The molecule has 0 aromatic heterocycles. The van der Waals surface area contributed by atoms with E-state index in [1.54, 1.807) is 13.0 Å². The lowest BCUT2D eigenvalue weighted by molar-refractivity contribution is 0.392. The van der Waals surface area contributed by atoms with E-state index in [0.717, 1.165) is 17.7 Å². The fourth-order valence-corrected chi connectivity index (χ4v) is 5.10. The van der Waals surface area contributed by atoms with Crippen molar-refractivity contribution in [2.45, 2.75) is 24.8 Å². The van der Waals surface area contributed by atoms with Gasteiger partial charge in [0.25, 0.3) is 10.0 Å². The van der Waals surface area contributed by atoms with Crippen molar-refractivity contribution >= 4 is 25.7 Å². The first-order valence-corrected chi connectivity index (χ1v) is 11.3. The molecule has 2 aromatic carbocycles. The largest absolute Gasteiger partial charge is 0.280 e. The van der Waals surface area contributed by atoms with Gasteiger partial charge in [0.05, 0.1) is 5.75 Å². The van der Waals surface area contributed by atoms with Crippen molar-refractivity contribution in [3.63, 3.8) is 0 Å². The highest BCUT2D eigenvalue weighted by molar-refractivity contribution is 7.92. The molecule has 3 rings (SSSR count). The number of nitrogens with one attached hydrogen (secondary N) is 1. The van der Waals surface area contributed by atoms with Crippen LogP contribution in [-0.4, -0.2) is 33.4 Å². The molecule has 0 amide bonds. The predicted octanol–water partition coefficient (Wildman–Crippen LogP) is 2.47. The monoisotopic (exact) mass is 416 g/mol. The normalized spacial score (nSPS) is 15.4. The van der Waals surface area contributed by atoms with Crippen LogP contribution < -0.4 is 4.72 Å². The average Bonchev–Trinajstić information content (AvgIpc) is 2.60. The van der Waals surface area contributed by atoms with E-state index in [4.69, 9.17) is 0 Å². The van der Waals surface area contributed by atoms with Gasteiger partial charge in [-0.05, 0) is 48.7 Å². The molecule has 0 spiro atoms. The zero-order valence-electron chi connectivity index (χ0n) is 14.4. The second kappa shape index (κ2) is 7.17. The number of hydrogen-bond donors (Lipinski definition) is 1. The van der Waals surface area contributed by atoms with Crippen LogP contribution >= 0.6 is 0 Å². The SMILES string of the molecule is CCS(=O)(=O)N1CCc2ccc(NS(=O)(=O)c3ccc(F)cc3F)cc2C1. The summed E-state index contributed by atoms with van der Waals surface area (Å²) in [6.07, 6.45) is 0.522. The van der Waals surface area contributed by atoms with Gasteiger partial charge in [0, 0.05) is 24.8 Å². The first-order chi connectivity index (χ1) is 12.6. The minimum atomic E-state index is -4.26. The third-order valence-corrected chi connectivity index (χ3v) is 7.62. The summed E-state index contributed by atoms with van der Waals surface area (Å²) in [5.41, 5.74) is 1.78. The van der Waals surface area contributed by atoms with Crippen molar-refractivity contribution in [3.8, 4) is 0 Å². The van der Waals surface area contributed by atoms with Crippen molar-refractivity contribution in [2.24, 2.45) is 0 Å². The number of sulfonamides is 2. The number of nitrogens with zero attached hydrogens (tertiary/aromatic N) is 1. The van der Waals surface area contributed by atoms with E-state index in [1.807, 2.05) is 0 Å². The van der Waals surface area contributed by atoms with E-state index in [0.29, 0.717) is 24.6 Å². The number of hydrogen-bond acceptors (Lipinski definition) is 4. The zero-order valence-corrected chi connectivity index (χ0v) is 16.1. The van der Waals surface area contributed by atoms with Gasteiger partial charge in [-0.2, -0.15) is 4.31 Å². The van der Waals surface area contributed by atoms with Gasteiger partial charge in [0.1, 0.15) is 16.5 Å². The number of fused-ring (bicyclic) bond motifs is 1. The molecule has 146 valence electrons. The highest BCUT2D eigenvalue weighted by Crippen LogP contribution is 2.26. The third-order valence-electron chi connectivity index (χ3n) is 4.38. The van der Waals surface area contributed by atoms with Crippen LogP contribution in [0.3, 0.4) is 0 Å². The van der Waals surface area contributed by atoms with Gasteiger partial charge in [-0.1, -0.05) is 6.07 Å². The minimum Gasteiger partial charge on any atom is -0.280 e. The number of anilines is 1. The molecule has 1 aliphatic heterocycles. The molecule has 0 saturated heterocycles. The molecule has 1 N–H and O–H groups in total. The summed E-state index contributed by atoms with van der Waals surface area (Å²) in [7, 11) is -7.61. The van der Waals surface area contributed by atoms with Gasteiger partial charge >= 0.3 is 0 Å². The molecule has 10 heteroatoms. The predicted molar refractivity (Wildman–Crippen MR) is 97.2 cm³/mol. The zero-order chi connectivity index (χ0) is 19.8. The van der Waals surface area contributed by atoms with Crippen LogP contribution in [0.2, 0.25) is 0 Å². The number of rotatable bonds is 5. The molecular formula is C17H18F2N2O4S2. The summed E-state index contributed by atoms with van der Waals surface area (Å²) in [4.78, 5) is -0.670. The molecule has 1 heterocycles. The highest BCUT2D eigenvalue weighted by atomic mass is 32.2. The van der Waals surface area contributed by atoms with Crippen LogP contribution in [0.25, 0.3) is 0 Å². The van der Waals surface area contributed by atoms with Crippen molar-refractivity contribution in [2.75, 3.05) is 17.0 Å². The summed E-state index contributed by atoms with van der Waals surface area (Å²) >= 11 is 0. The Labute approximate surface area is 156 Å². The molecule has 0 radical (unpaired) electrons. The Hall–Kier alpha value is -2.04. The lowest BCUT2D eigenvalue weighted by Gasteiger charge is -2.28. The summed E-state index contributed by atoms with van der Waals surface area (Å²) < 4.78 is 79.3. The van der Waals surface area contributed by atoms with E-state index in [9.17, 15) is 25.6 Å². The Bertz CT molecular complexity index is 1090. The second-order valence-electron chi connectivity index (χ2n) is 6.15. The lowest BCUT2D eigenvalue weighted by Crippen LogP contribution is -2.36. The van der Waals surface area contributed by atoms with Crippen molar-refractivity contribution < 1.29 is 25.6 Å². The van der Waals surface area contributed by atoms with Gasteiger partial charge < -0.3 is 0 Å². The van der Waals surface area contributed by atoms with Gasteiger partial charge in [0.15, 0.2) is 0 Å². The van der Waals surface area contributed by atoms with Gasteiger partial charge in [0.2, 0.25) is 10.0 Å². The molecule has 2 aromatic rings. The summed E-state index contributed by atoms with van der Waals surface area (Å²) in [5.74, 6) is -2.09. The molecule has 27 heavy (non-hydrogen) atoms. The van der Waals surface area contributed by atoms with Crippen LogP contribution in [0.15, 0.2) is 41.3 Å². The van der Waals surface area contributed by atoms with E-state index < -0.39 is 36.6 Å². The van der Waals surface area contributed by atoms with Gasteiger partial charge in [-0.3, -0.25) is 4.72 Å². The molecule has 0 bridgehead atoms. The standard InChI is InChI=1S/C17H18F2N2O4S2/c1-2-26(22,23)21-8-7-12-3-5-15(9-13(12)11-21)20-27(24,25)17-6-4-14(18)10-16(17)19/h3-6,9-10,20H,2,7-8,11H2,1H3. The van der Waals surface area contributed by atoms with Crippen molar-refractivity contribution in [3.05, 3.63) is 59.2 Å². The van der Waals surface area contributed by atoms with E-state index >= 15 is 0 Å². The Morgan fingerprint density at radius 2 is 1.78 bits per heavy atom. The molecule has 6 nitrogen and oxygen atoms in total. The topological polar surface area (TPSA) is 83.6 Å². The van der Waals surface area contributed by atoms with E-state index in [2.05, 4.69) is 4.72 Å². The maximum atomic E-state index is 13.8. The third kappa shape index (κ3) is 4.12. The fraction of sp³-hybridized carbons (Fsp3) is 0.294. The molecule has 0 unspecified atom stereocenters. The Balaban J connectivity index is 1.88. The number of halogens is 2. The molecule has 0 aliphatic carbocycles. The van der Waals surface area contributed by atoms with Crippen LogP contribution in [0.1, 0.15) is 18.1 Å². The average molecular weight is 416 g/mol. The maximum Gasteiger partial charge on any atom is 0.264 e. The molecular weight excluding hydrogens is 398 g/mol. The fourth-order valence-electron chi connectivity index (χ4n) is 2.92. The summed E-state index contributed by atoms with van der Waals surface area (Å²) in [6.45, 7) is 2.08. The molecule has 0 atom stereocenters. The molecule has 0 fully saturated rings. The van der Waals surface area contributed by atoms with Crippen molar-refractivity contribution in [1.82, 2.24) is 4.31 Å². The van der Waals surface area contributed by atoms with E-state index in [-0.39, 0.29) is 18.0 Å². The van der Waals surface area contributed by atoms with Gasteiger partial charge in [-0.25, -0.2) is 25.6 Å². The smallest absolute Gasteiger partial charge is 0.264 e. The van der Waals surface area contributed by atoms with Crippen LogP contribution in [-0.2, 0) is 33.0 Å². The molecule has 1 aliphatic rings. The Morgan fingerprint density at radius 3 is 2.44 bits per heavy atom.